The van der Waals surface area contributed by atoms with Crippen LogP contribution in [0.1, 0.15) is 41.7 Å². The van der Waals surface area contributed by atoms with Crippen molar-refractivity contribution in [3.63, 3.8) is 0 Å². The Morgan fingerprint density at radius 3 is 2.54 bits per heavy atom. The number of fused-ring (bicyclic) bond motifs is 2. The van der Waals surface area contributed by atoms with Crippen molar-refractivity contribution in [3.8, 4) is 11.1 Å². The molecule has 0 bridgehead atoms. The molecule has 2 aromatic heterocycles. The minimum absolute atomic E-state index is 0.165. The lowest BCUT2D eigenvalue weighted by atomic mass is 9.90. The lowest BCUT2D eigenvalue weighted by molar-refractivity contribution is -0.139. The van der Waals surface area contributed by atoms with Gasteiger partial charge in [-0.3, -0.25) is 24.3 Å². The number of hydrogen-bond donors (Lipinski definition) is 2. The van der Waals surface area contributed by atoms with E-state index in [9.17, 15) is 22.8 Å². The van der Waals surface area contributed by atoms with Crippen LogP contribution in [0, 0.1) is 0 Å². The number of anilines is 1. The molecule has 39 heavy (non-hydrogen) atoms. The Bertz CT molecular complexity index is 1400. The Balaban J connectivity index is 0.000000983. The summed E-state index contributed by atoms with van der Waals surface area (Å²) in [4.78, 5) is 41.4. The molecule has 0 radical (unpaired) electrons. The number of imide groups is 1. The second kappa shape index (κ2) is 10.9. The van der Waals surface area contributed by atoms with Crippen LogP contribution in [0.3, 0.4) is 0 Å². The molecule has 0 spiro atoms. The summed E-state index contributed by atoms with van der Waals surface area (Å²) in [5.41, 5.74) is 2.90. The molecule has 12 heteroatoms. The van der Waals surface area contributed by atoms with E-state index in [1.807, 2.05) is 6.07 Å². The van der Waals surface area contributed by atoms with Gasteiger partial charge in [0.1, 0.15) is 0 Å². The van der Waals surface area contributed by atoms with Crippen LogP contribution in [-0.4, -0.2) is 59.0 Å². The second-order valence-corrected chi connectivity index (χ2v) is 10.9. The number of amides is 2. The number of carboxylic acid groups (broad SMARTS) is 1. The smallest absolute Gasteiger partial charge is 0.416 e. The van der Waals surface area contributed by atoms with Gasteiger partial charge >= 0.3 is 6.18 Å². The minimum Gasteiger partial charge on any atom is -0.483 e. The van der Waals surface area contributed by atoms with E-state index in [1.54, 1.807) is 12.3 Å². The fourth-order valence-electron chi connectivity index (χ4n) is 5.65. The van der Waals surface area contributed by atoms with Crippen LogP contribution in [0.25, 0.3) is 21.3 Å². The predicted octanol–water partition coefficient (Wildman–Crippen LogP) is 4.45. The number of pyridine rings is 1. The van der Waals surface area contributed by atoms with E-state index in [0.29, 0.717) is 23.1 Å². The number of carbonyl (C=O) groups is 3. The predicted molar refractivity (Wildman–Crippen MR) is 140 cm³/mol. The first-order chi connectivity index (χ1) is 18.7. The van der Waals surface area contributed by atoms with Crippen LogP contribution in [0.5, 0.6) is 0 Å². The highest BCUT2D eigenvalue weighted by atomic mass is 32.1. The number of benzene rings is 1. The summed E-state index contributed by atoms with van der Waals surface area (Å²) in [6, 6.07) is 6.45. The molecular weight excluding hydrogens is 533 g/mol. The highest BCUT2D eigenvalue weighted by Crippen LogP contribution is 2.46. The van der Waals surface area contributed by atoms with E-state index in [-0.39, 0.29) is 43.7 Å². The number of nitrogens with one attached hydrogen (secondary N) is 1. The maximum Gasteiger partial charge on any atom is 0.416 e. The molecule has 2 amide bonds. The molecule has 2 N–H and O–H groups in total. The summed E-state index contributed by atoms with van der Waals surface area (Å²) < 4.78 is 42.7. The van der Waals surface area contributed by atoms with Crippen LogP contribution in [-0.2, 0) is 33.5 Å². The molecule has 0 aliphatic carbocycles. The maximum atomic E-state index is 14.0. The zero-order valence-corrected chi connectivity index (χ0v) is 21.8. The van der Waals surface area contributed by atoms with Crippen molar-refractivity contribution in [1.29, 1.82) is 0 Å². The Kier molecular flexibility index (Phi) is 7.59. The van der Waals surface area contributed by atoms with Gasteiger partial charge in [0.2, 0.25) is 11.8 Å². The van der Waals surface area contributed by atoms with Gasteiger partial charge in [0.05, 0.1) is 22.3 Å². The highest BCUT2D eigenvalue weighted by molar-refractivity contribution is 7.19. The van der Waals surface area contributed by atoms with E-state index in [4.69, 9.17) is 9.90 Å². The van der Waals surface area contributed by atoms with Gasteiger partial charge in [-0.1, -0.05) is 0 Å². The van der Waals surface area contributed by atoms with Gasteiger partial charge in [-0.05, 0) is 55.6 Å². The lowest BCUT2D eigenvalue weighted by Crippen LogP contribution is -2.40. The third-order valence-corrected chi connectivity index (χ3v) is 8.49. The molecule has 3 aromatic rings. The van der Waals surface area contributed by atoms with Crippen LogP contribution in [0.2, 0.25) is 0 Å². The van der Waals surface area contributed by atoms with Crippen LogP contribution < -0.4 is 10.2 Å². The summed E-state index contributed by atoms with van der Waals surface area (Å²) in [5.74, 6) is -0.392. The summed E-state index contributed by atoms with van der Waals surface area (Å²) in [5, 5.41) is 10.3. The molecular formula is C27H27F3N4O4S. The number of carbonyl (C=O) groups excluding carboxylic acids is 2. The van der Waals surface area contributed by atoms with E-state index in [1.165, 1.54) is 28.4 Å². The zero-order valence-electron chi connectivity index (χ0n) is 21.0. The number of aromatic nitrogens is 1. The number of thiophene rings is 1. The van der Waals surface area contributed by atoms with Crippen molar-refractivity contribution in [1.82, 2.24) is 15.2 Å². The number of halogens is 3. The van der Waals surface area contributed by atoms with Gasteiger partial charge in [-0.15, -0.1) is 11.3 Å². The molecule has 0 unspecified atom stereocenters. The van der Waals surface area contributed by atoms with Gasteiger partial charge < -0.3 is 15.3 Å². The fourth-order valence-corrected chi connectivity index (χ4v) is 6.78. The number of aryl methyl sites for hydroxylation is 1. The summed E-state index contributed by atoms with van der Waals surface area (Å²) >= 11 is 1.39. The average molecular weight is 561 g/mol. The van der Waals surface area contributed by atoms with Crippen molar-refractivity contribution < 1.29 is 32.7 Å². The highest BCUT2D eigenvalue weighted by Gasteiger charge is 2.36. The Hall–Kier alpha value is -3.51. The first-order valence-electron chi connectivity index (χ1n) is 12.7. The number of rotatable bonds is 4. The zero-order chi connectivity index (χ0) is 27.7. The van der Waals surface area contributed by atoms with Crippen molar-refractivity contribution in [2.45, 2.75) is 50.9 Å². The molecule has 3 aliphatic rings. The van der Waals surface area contributed by atoms with Crippen molar-refractivity contribution in [2.75, 3.05) is 24.5 Å². The molecule has 5 heterocycles. The molecule has 1 aromatic carbocycles. The lowest BCUT2D eigenvalue weighted by Gasteiger charge is -2.38. The quantitative estimate of drug-likeness (QED) is 0.359. The van der Waals surface area contributed by atoms with E-state index in [0.717, 1.165) is 53.3 Å². The first kappa shape index (κ1) is 27.1. The molecule has 0 saturated carbocycles. The van der Waals surface area contributed by atoms with E-state index < -0.39 is 11.7 Å². The normalized spacial score (nSPS) is 19.3. The minimum atomic E-state index is -4.45. The molecule has 8 nitrogen and oxygen atoms in total. The first-order valence-corrected chi connectivity index (χ1v) is 13.5. The van der Waals surface area contributed by atoms with E-state index >= 15 is 0 Å². The fraction of sp³-hybridized carbons (Fsp3) is 0.407. The van der Waals surface area contributed by atoms with Crippen LogP contribution in [0.4, 0.5) is 18.9 Å². The van der Waals surface area contributed by atoms with Gasteiger partial charge in [0.25, 0.3) is 6.47 Å². The summed E-state index contributed by atoms with van der Waals surface area (Å²) in [6.45, 7) is 2.43. The summed E-state index contributed by atoms with van der Waals surface area (Å²) in [6.07, 6.45) is -0.0257. The second-order valence-electron chi connectivity index (χ2n) is 9.74. The Labute approximate surface area is 226 Å². The van der Waals surface area contributed by atoms with Gasteiger partial charge in [0.15, 0.2) is 0 Å². The van der Waals surface area contributed by atoms with E-state index in [2.05, 4.69) is 15.2 Å². The van der Waals surface area contributed by atoms with Crippen molar-refractivity contribution in [3.05, 3.63) is 46.5 Å². The average Bonchev–Trinajstić information content (AvgIpc) is 3.65. The molecule has 206 valence electrons. The monoisotopic (exact) mass is 560 g/mol. The maximum absolute atomic E-state index is 14.0. The Morgan fingerprint density at radius 2 is 1.87 bits per heavy atom. The van der Waals surface area contributed by atoms with Crippen molar-refractivity contribution in [2.24, 2.45) is 0 Å². The molecule has 1 atom stereocenters. The molecule has 6 rings (SSSR count). The molecule has 3 aliphatic heterocycles. The number of alkyl halides is 3. The van der Waals surface area contributed by atoms with Gasteiger partial charge in [0, 0.05) is 59.9 Å². The number of nitrogens with zero attached hydrogens (tertiary/aromatic N) is 3. The van der Waals surface area contributed by atoms with Crippen LogP contribution >= 0.6 is 11.3 Å². The van der Waals surface area contributed by atoms with Gasteiger partial charge in [-0.2, -0.15) is 13.2 Å². The Morgan fingerprint density at radius 1 is 1.13 bits per heavy atom. The molecule has 2 saturated heterocycles. The van der Waals surface area contributed by atoms with Crippen LogP contribution in [0.15, 0.2) is 30.5 Å². The van der Waals surface area contributed by atoms with Crippen molar-refractivity contribution >= 4 is 45.5 Å². The standard InChI is InChI=1S/C26H25F3N4O2S.CH2O2/c27-26(28,29)16-10-15-2-1-9-32(17-5-7-30-13-17)24(15)20(11-16)19-6-8-31-21-12-18(36-25(19)21)14-33-22(34)3-4-23(33)35;2-1-3/h6,8,10-12,17,30H,1-5,7,9,13-14H2;1H,(H,2,3)/t17-;/m1./s1. The number of likely N-dealkylation sites (tertiary alicyclic amines) is 1. The SMILES string of the molecule is O=C1CCC(=O)N1Cc1cc2nccc(-c3cc(C(F)(F)F)cc4c3N([C@@H]3CCNC3)CCC4)c2s1.O=CO. The topological polar surface area (TPSA) is 103 Å². The largest absolute Gasteiger partial charge is 0.483 e. The van der Waals surface area contributed by atoms with Gasteiger partial charge in [-0.25, -0.2) is 0 Å². The third-order valence-electron chi connectivity index (χ3n) is 7.35. The third kappa shape index (κ3) is 5.35. The molecule has 2 fully saturated rings. The summed E-state index contributed by atoms with van der Waals surface area (Å²) in [7, 11) is 0. The number of hydrogen-bond acceptors (Lipinski definition) is 7.